The highest BCUT2D eigenvalue weighted by Crippen LogP contribution is 2.68. The molecule has 1 aliphatic carbocycles. The summed E-state index contributed by atoms with van der Waals surface area (Å²) in [7, 11) is 4.89. The number of hydrogen-bond acceptors (Lipinski definition) is 16. The number of carboxylic acids is 1. The fourth-order valence-corrected chi connectivity index (χ4v) is 17.1. The van der Waals surface area contributed by atoms with Crippen molar-refractivity contribution in [2.45, 2.75) is 156 Å². The second-order valence-corrected chi connectivity index (χ2v) is 24.9. The number of aliphatic hydroxyl groups excluding tert-OH is 1. The summed E-state index contributed by atoms with van der Waals surface area (Å²) in [5, 5.41) is 56.2. The first-order valence-corrected chi connectivity index (χ1v) is 29.4. The fourth-order valence-electron chi connectivity index (χ4n) is 15.9. The number of hydrazone groups is 1. The number of carbonyl (C=O) groups is 5. The summed E-state index contributed by atoms with van der Waals surface area (Å²) in [6.07, 6.45) is 3.26. The molecule has 79 heavy (non-hydrogen) atoms. The second-order valence-electron chi connectivity index (χ2n) is 23.6. The van der Waals surface area contributed by atoms with Crippen molar-refractivity contribution in [3.63, 3.8) is 0 Å². The van der Waals surface area contributed by atoms with Gasteiger partial charge in [-0.3, -0.25) is 28.9 Å². The number of rotatable bonds is 14. The maximum atomic E-state index is 15.5. The van der Waals surface area contributed by atoms with Crippen LogP contribution in [0.3, 0.4) is 0 Å². The molecule has 4 saturated heterocycles. The lowest BCUT2D eigenvalue weighted by Crippen LogP contribution is -2.82. The zero-order chi connectivity index (χ0) is 56.6. The highest BCUT2D eigenvalue weighted by molar-refractivity contribution is 8.00. The molecular formula is C60H79N7O11S. The number of carboxylic acid groups (broad SMARTS) is 1. The molecule has 0 bridgehead atoms. The van der Waals surface area contributed by atoms with Crippen molar-refractivity contribution >= 4 is 64.2 Å². The Morgan fingerprint density at radius 3 is 2.35 bits per heavy atom. The van der Waals surface area contributed by atoms with Gasteiger partial charge in [-0.25, -0.2) is 10.3 Å². The van der Waals surface area contributed by atoms with Gasteiger partial charge >= 0.3 is 11.9 Å². The molecule has 7 aliphatic rings. The molecule has 3 aromatic rings. The van der Waals surface area contributed by atoms with E-state index < -0.39 is 80.6 Å². The van der Waals surface area contributed by atoms with Crippen molar-refractivity contribution in [2.75, 3.05) is 74.9 Å². The molecule has 3 aromatic carbocycles. The number of ether oxygens (including phenoxy) is 2. The predicted octanol–water partition coefficient (Wildman–Crippen LogP) is 5.77. The molecular weight excluding hydrogens is 1030 g/mol. The molecule has 0 aromatic heterocycles. The summed E-state index contributed by atoms with van der Waals surface area (Å²) < 4.78 is 12.5. The Kier molecular flexibility index (Phi) is 15.4. The second kappa shape index (κ2) is 21.4. The van der Waals surface area contributed by atoms with E-state index in [2.05, 4.69) is 50.8 Å². The van der Waals surface area contributed by atoms with E-state index in [0.29, 0.717) is 105 Å². The third-order valence-corrected chi connectivity index (χ3v) is 21.4. The van der Waals surface area contributed by atoms with Gasteiger partial charge in [0.2, 0.25) is 11.8 Å². The van der Waals surface area contributed by atoms with Crippen LogP contribution in [0.4, 0.5) is 17.1 Å². The first-order chi connectivity index (χ1) is 37.7. The van der Waals surface area contributed by atoms with Crippen LogP contribution in [0.1, 0.15) is 127 Å². The molecule has 18 nitrogen and oxygen atoms in total. The summed E-state index contributed by atoms with van der Waals surface area (Å²) in [5.41, 5.74) is 1.54. The SMILES string of the molecule is CCN1CCC2c3ccccc3NC2[C@@](C(=O)OC)(c2cc3c(cc2OC)N(C)[C@H]2[C@@](O)(C(=O)N/N=C(\C)c4ccc(N5C(=O)CC(SC[C@H](C)C(=O)O)C5=O)cc4)[C@H](O)[C@]4(CC)CCCN5CC[C@]32[C@@H]54)CCC[C@@](O)(CC)C1. The average molecular weight is 1110 g/mol. The molecule has 0 radical (unpaired) electrons. The lowest BCUT2D eigenvalue weighted by molar-refractivity contribution is -0.221. The molecule has 19 heteroatoms. The van der Waals surface area contributed by atoms with Crippen molar-refractivity contribution in [2.24, 2.45) is 16.4 Å². The summed E-state index contributed by atoms with van der Waals surface area (Å²) in [5.74, 6) is -3.26. The standard InChI is InChI=1S/C60H79N7O11S/c1-9-56(75)23-14-25-58(55(74)78-8,48-40(22-28-65(11-3)34-56)39-16-12-13-17-43(39)61-48)42-30-41-44(31-45(42)77-7)64(6)52-59(41)26-29-66-27-15-24-57(10-2,51(59)66)53(72)60(52,76)54(73)63-62-36(5)37-18-20-38(21-19-37)67-47(68)32-46(49(67)69)79-33-35(4)50(70)71/h12-13,16-21,30-31,35,40,46,48,51-53,61,72,75-76H,9-11,14-15,22-29,32-34H2,1-8H3,(H,63,73)(H,70,71)/b62-36+/t35-,40?,46?,48?,51-,52+,53+,56-,57+,58-,59+,60-/m0/s1. The van der Waals surface area contributed by atoms with Gasteiger partial charge in [0.25, 0.3) is 5.91 Å². The number of methoxy groups -OCH3 is 2. The Morgan fingerprint density at radius 2 is 1.67 bits per heavy atom. The van der Waals surface area contributed by atoms with E-state index in [1.807, 2.05) is 44.0 Å². The zero-order valence-corrected chi connectivity index (χ0v) is 47.7. The number of para-hydroxylation sites is 1. The lowest BCUT2D eigenvalue weighted by atomic mass is 9.46. The van der Waals surface area contributed by atoms with E-state index in [-0.39, 0.29) is 30.0 Å². The first-order valence-electron chi connectivity index (χ1n) is 28.4. The van der Waals surface area contributed by atoms with Gasteiger partial charge in [0.15, 0.2) is 5.60 Å². The minimum atomic E-state index is -2.44. The Labute approximate surface area is 467 Å². The van der Waals surface area contributed by atoms with Gasteiger partial charge in [0.1, 0.15) is 17.3 Å². The molecule has 3 amide bonds. The number of imide groups is 1. The van der Waals surface area contributed by atoms with Crippen molar-refractivity contribution in [1.82, 2.24) is 15.2 Å². The van der Waals surface area contributed by atoms with Gasteiger partial charge in [-0.1, -0.05) is 58.0 Å². The monoisotopic (exact) mass is 1110 g/mol. The predicted molar refractivity (Wildman–Crippen MR) is 303 cm³/mol. The van der Waals surface area contributed by atoms with Crippen LogP contribution >= 0.6 is 11.8 Å². The normalized spacial score (nSPS) is 33.9. The maximum absolute atomic E-state index is 15.5. The number of carbonyl (C=O) groups excluding carboxylic acids is 4. The van der Waals surface area contributed by atoms with Crippen LogP contribution in [0.25, 0.3) is 0 Å². The number of nitrogens with zero attached hydrogens (tertiary/aromatic N) is 5. The molecule has 5 fully saturated rings. The minimum Gasteiger partial charge on any atom is -0.496 e. The van der Waals surface area contributed by atoms with Crippen LogP contribution in [0.15, 0.2) is 65.8 Å². The maximum Gasteiger partial charge on any atom is 0.318 e. The zero-order valence-electron chi connectivity index (χ0n) is 46.9. The Hall–Kier alpha value is -5.57. The molecule has 12 atom stereocenters. The molecule has 6 heterocycles. The number of aliphatic hydroxyl groups is 3. The summed E-state index contributed by atoms with van der Waals surface area (Å²) in [4.78, 5) is 76.6. The largest absolute Gasteiger partial charge is 0.496 e. The lowest BCUT2D eigenvalue weighted by Gasteiger charge is -2.64. The van der Waals surface area contributed by atoms with Gasteiger partial charge in [0.05, 0.1) is 54.5 Å². The number of amides is 3. The van der Waals surface area contributed by atoms with E-state index in [0.717, 1.165) is 53.0 Å². The van der Waals surface area contributed by atoms with Gasteiger partial charge in [-0.15, -0.1) is 11.8 Å². The number of anilines is 3. The van der Waals surface area contributed by atoms with Crippen molar-refractivity contribution in [1.29, 1.82) is 0 Å². The number of benzene rings is 3. The van der Waals surface area contributed by atoms with E-state index in [1.165, 1.54) is 7.11 Å². The van der Waals surface area contributed by atoms with E-state index in [1.54, 1.807) is 45.2 Å². The number of fused-ring (bicyclic) bond motifs is 4. The van der Waals surface area contributed by atoms with Gasteiger partial charge in [0, 0.05) is 71.6 Å². The molecule has 1 spiro atoms. The van der Waals surface area contributed by atoms with E-state index in [9.17, 15) is 34.8 Å². The summed E-state index contributed by atoms with van der Waals surface area (Å²) >= 11 is 1.16. The van der Waals surface area contributed by atoms with Crippen LogP contribution in [-0.4, -0.2) is 166 Å². The van der Waals surface area contributed by atoms with Crippen LogP contribution in [0, 0.1) is 11.3 Å². The Balaban J connectivity index is 1.05. The topological polar surface area (TPSA) is 234 Å². The van der Waals surface area contributed by atoms with Crippen molar-refractivity contribution in [3.05, 3.63) is 82.9 Å². The highest BCUT2D eigenvalue weighted by Gasteiger charge is 2.79. The molecule has 3 unspecified atom stereocenters. The number of likely N-dealkylation sites (N-methyl/N-ethyl adjacent to an activating group) is 2. The van der Waals surface area contributed by atoms with E-state index >= 15 is 9.59 Å². The van der Waals surface area contributed by atoms with E-state index in [4.69, 9.17) is 9.47 Å². The van der Waals surface area contributed by atoms with Crippen molar-refractivity contribution in [3.8, 4) is 5.75 Å². The van der Waals surface area contributed by atoms with Crippen LogP contribution in [-0.2, 0) is 39.5 Å². The van der Waals surface area contributed by atoms with Gasteiger partial charge < -0.3 is 45.0 Å². The smallest absolute Gasteiger partial charge is 0.318 e. The summed E-state index contributed by atoms with van der Waals surface area (Å²) in [6.45, 7) is 12.8. The minimum absolute atomic E-state index is 0.0422. The molecule has 1 saturated carbocycles. The number of esters is 1. The quantitative estimate of drug-likeness (QED) is 0.0487. The fraction of sp³-hybridized carbons (Fsp3) is 0.600. The first kappa shape index (κ1) is 56.7. The number of aliphatic carboxylic acids is 1. The van der Waals surface area contributed by atoms with Gasteiger partial charge in [-0.2, -0.15) is 5.10 Å². The third kappa shape index (κ3) is 8.77. The number of β-amino-alcohol motifs (C(OH)–C–C–N with tert-alkyl or cyclic N) is 1. The Bertz CT molecular complexity index is 2930. The van der Waals surface area contributed by atoms with Crippen molar-refractivity contribution < 1.29 is 53.9 Å². The van der Waals surface area contributed by atoms with Crippen LogP contribution in [0.2, 0.25) is 0 Å². The molecule has 6 aliphatic heterocycles. The third-order valence-electron chi connectivity index (χ3n) is 19.9. The number of nitrogens with one attached hydrogen (secondary N) is 2. The highest BCUT2D eigenvalue weighted by atomic mass is 32.2. The molecule has 6 N–H and O–H groups in total. The number of thioether (sulfide) groups is 1. The number of hydrogen-bond donors (Lipinski definition) is 6. The summed E-state index contributed by atoms with van der Waals surface area (Å²) in [6, 6.07) is 17.1. The molecule has 426 valence electrons. The van der Waals surface area contributed by atoms with Gasteiger partial charge in [-0.05, 0) is 132 Å². The van der Waals surface area contributed by atoms with Crippen LogP contribution in [0.5, 0.6) is 5.75 Å². The Morgan fingerprint density at radius 1 is 0.924 bits per heavy atom. The average Bonchev–Trinajstić information content (AvgIpc) is 2.14. The van der Waals surface area contributed by atoms with Crippen LogP contribution < -0.4 is 25.3 Å². The number of piperidine rings is 1. The molecule has 10 rings (SSSR count).